The average Bonchev–Trinajstić information content (AvgIpc) is 3.33. The van der Waals surface area contributed by atoms with E-state index in [-0.39, 0.29) is 28.8 Å². The van der Waals surface area contributed by atoms with Crippen LogP contribution in [0.25, 0.3) is 16.8 Å². The van der Waals surface area contributed by atoms with E-state index in [0.717, 1.165) is 18.4 Å². The number of carbonyl (C=O) groups excluding carboxylic acids is 2. The van der Waals surface area contributed by atoms with Crippen molar-refractivity contribution < 1.29 is 18.7 Å². The fraction of sp³-hybridized carbons (Fsp3) is 0.345. The molecule has 2 amide bonds. The molecule has 2 fully saturated rings. The summed E-state index contributed by atoms with van der Waals surface area (Å²) in [7, 11) is 0. The molecule has 4 aromatic rings. The molecule has 2 saturated heterocycles. The van der Waals surface area contributed by atoms with Crippen LogP contribution in [0.1, 0.15) is 47.4 Å². The number of nitrogens with zero attached hydrogens (tertiary/aromatic N) is 5. The highest BCUT2D eigenvalue weighted by molar-refractivity contribution is 6.04. The number of piperidine rings is 1. The van der Waals surface area contributed by atoms with Gasteiger partial charge in [0, 0.05) is 48.7 Å². The van der Waals surface area contributed by atoms with Gasteiger partial charge in [-0.3, -0.25) is 14.0 Å². The zero-order chi connectivity index (χ0) is 28.0. The van der Waals surface area contributed by atoms with Gasteiger partial charge >= 0.3 is 0 Å². The zero-order valence-electron chi connectivity index (χ0n) is 22.4. The largest absolute Gasteiger partial charge is 0.382 e. The van der Waals surface area contributed by atoms with Gasteiger partial charge in [0.2, 0.25) is 5.91 Å². The second kappa shape index (κ2) is 9.98. The number of nitrogens with one attached hydrogen (secondary N) is 1. The maximum absolute atomic E-state index is 15.6. The number of benzene rings is 1. The highest BCUT2D eigenvalue weighted by Gasteiger charge is 2.44. The monoisotopic (exact) mass is 543 g/mol. The summed E-state index contributed by atoms with van der Waals surface area (Å²) in [5.74, 6) is 0.260. The Kier molecular flexibility index (Phi) is 6.46. The first kappa shape index (κ1) is 25.9. The van der Waals surface area contributed by atoms with Gasteiger partial charge in [0.25, 0.3) is 5.91 Å². The normalized spacial score (nSPS) is 18.4. The molecule has 0 spiro atoms. The van der Waals surface area contributed by atoms with Crippen molar-refractivity contribution in [3.63, 3.8) is 0 Å². The van der Waals surface area contributed by atoms with E-state index >= 15 is 4.39 Å². The van der Waals surface area contributed by atoms with Crippen molar-refractivity contribution in [2.75, 3.05) is 37.4 Å². The number of fused-ring (bicyclic) bond motifs is 1. The lowest BCUT2D eigenvalue weighted by atomic mass is 9.85. The Labute approximate surface area is 230 Å². The van der Waals surface area contributed by atoms with Gasteiger partial charge in [0.1, 0.15) is 34.5 Å². The van der Waals surface area contributed by atoms with Crippen molar-refractivity contribution in [3.05, 3.63) is 71.7 Å². The minimum Gasteiger partial charge on any atom is -0.382 e. The van der Waals surface area contributed by atoms with Crippen molar-refractivity contribution in [1.82, 2.24) is 24.3 Å². The van der Waals surface area contributed by atoms with Gasteiger partial charge in [-0.05, 0) is 56.5 Å². The first-order chi connectivity index (χ1) is 19.2. The predicted molar refractivity (Wildman–Crippen MR) is 147 cm³/mol. The number of ether oxygens (including phenoxy) is 1. The van der Waals surface area contributed by atoms with Crippen molar-refractivity contribution in [2.45, 2.75) is 32.6 Å². The molecular formula is C29H30FN7O3. The zero-order valence-corrected chi connectivity index (χ0v) is 22.4. The number of anilines is 2. The smallest absolute Gasteiger partial charge is 0.256 e. The second-order valence-electron chi connectivity index (χ2n) is 10.8. The molecule has 5 heterocycles. The van der Waals surface area contributed by atoms with Crippen molar-refractivity contribution in [1.29, 1.82) is 0 Å². The number of hydrogen-bond acceptors (Lipinski definition) is 7. The Bertz CT molecular complexity index is 1630. The van der Waals surface area contributed by atoms with Gasteiger partial charge in [-0.15, -0.1) is 0 Å². The Balaban J connectivity index is 1.32. The summed E-state index contributed by atoms with van der Waals surface area (Å²) in [6, 6.07) is 7.86. The highest BCUT2D eigenvalue weighted by atomic mass is 19.1. The molecule has 6 rings (SSSR count). The highest BCUT2D eigenvalue weighted by Crippen LogP contribution is 2.37. The molecule has 2 aliphatic rings. The average molecular weight is 544 g/mol. The van der Waals surface area contributed by atoms with E-state index in [4.69, 9.17) is 15.5 Å². The number of halogens is 1. The van der Waals surface area contributed by atoms with Crippen molar-refractivity contribution in [2.24, 2.45) is 5.41 Å². The molecule has 0 unspecified atom stereocenters. The molecule has 206 valence electrons. The van der Waals surface area contributed by atoms with E-state index in [1.54, 1.807) is 30.7 Å². The van der Waals surface area contributed by atoms with Crippen LogP contribution >= 0.6 is 0 Å². The molecule has 0 aliphatic carbocycles. The molecule has 1 atom stereocenters. The maximum Gasteiger partial charge on any atom is 0.256 e. The molecule has 3 aromatic heterocycles. The lowest BCUT2D eigenvalue weighted by Crippen LogP contribution is -2.55. The van der Waals surface area contributed by atoms with E-state index in [9.17, 15) is 9.59 Å². The Hall–Kier alpha value is -4.38. The van der Waals surface area contributed by atoms with Crippen LogP contribution in [0.2, 0.25) is 0 Å². The standard InChI is InChI=1S/C29H30FN7O3/c1-17-5-3-9-33-25(17)35-27(38)18-7-8-20(21(30)13-18)22-23-24(31)32-10-12-37(23)26(34-22)19-6-4-11-36(14-19)28(39)29(2)15-40-16-29/h3,5,7-10,12-13,19H,4,6,11,14-16H2,1-2H3,(H2,31,32)(H,33,35,38)/t19-/m1/s1. The predicted octanol–water partition coefficient (Wildman–Crippen LogP) is 3.82. The quantitative estimate of drug-likeness (QED) is 0.392. The third-order valence-corrected chi connectivity index (χ3v) is 7.77. The van der Waals surface area contributed by atoms with Crippen LogP contribution in [0.4, 0.5) is 16.0 Å². The minimum absolute atomic E-state index is 0.0694. The first-order valence-electron chi connectivity index (χ1n) is 13.3. The number of nitrogen functional groups attached to an aromatic ring is 1. The molecule has 1 aromatic carbocycles. The summed E-state index contributed by atoms with van der Waals surface area (Å²) in [6.45, 7) is 5.81. The van der Waals surface area contributed by atoms with Gasteiger partial charge in [-0.2, -0.15) is 0 Å². The lowest BCUT2D eigenvalue weighted by molar-refractivity contribution is -0.169. The second-order valence-corrected chi connectivity index (χ2v) is 10.8. The Morgan fingerprint density at radius 1 is 1.20 bits per heavy atom. The lowest BCUT2D eigenvalue weighted by Gasteiger charge is -2.42. The third-order valence-electron chi connectivity index (χ3n) is 7.77. The molecule has 0 bridgehead atoms. The summed E-state index contributed by atoms with van der Waals surface area (Å²) >= 11 is 0. The maximum atomic E-state index is 15.6. The summed E-state index contributed by atoms with van der Waals surface area (Å²) in [6.07, 6.45) is 6.57. The molecule has 2 aliphatic heterocycles. The van der Waals surface area contributed by atoms with E-state index in [0.29, 0.717) is 49.2 Å². The summed E-state index contributed by atoms with van der Waals surface area (Å²) in [5.41, 5.74) is 7.78. The molecule has 11 heteroatoms. The van der Waals surface area contributed by atoms with E-state index < -0.39 is 17.1 Å². The van der Waals surface area contributed by atoms with Gasteiger partial charge in [-0.1, -0.05) is 6.07 Å². The number of nitrogens with two attached hydrogens (primary N) is 1. The van der Waals surface area contributed by atoms with Crippen LogP contribution in [0.5, 0.6) is 0 Å². The summed E-state index contributed by atoms with van der Waals surface area (Å²) in [4.78, 5) is 41.2. The number of hydrogen-bond donors (Lipinski definition) is 2. The van der Waals surface area contributed by atoms with Crippen LogP contribution in [-0.4, -0.2) is 62.4 Å². The van der Waals surface area contributed by atoms with Crippen molar-refractivity contribution >= 4 is 29.0 Å². The number of aromatic nitrogens is 4. The van der Waals surface area contributed by atoms with Crippen LogP contribution < -0.4 is 11.1 Å². The minimum atomic E-state index is -0.612. The van der Waals surface area contributed by atoms with Gasteiger partial charge < -0.3 is 20.7 Å². The third kappa shape index (κ3) is 4.45. The van der Waals surface area contributed by atoms with Crippen LogP contribution in [0.15, 0.2) is 48.9 Å². The first-order valence-corrected chi connectivity index (χ1v) is 13.3. The number of rotatable bonds is 5. The molecule has 0 saturated carbocycles. The molecular weight excluding hydrogens is 513 g/mol. The number of likely N-dealkylation sites (tertiary alicyclic amines) is 1. The number of pyridine rings is 1. The number of aryl methyl sites for hydroxylation is 1. The van der Waals surface area contributed by atoms with E-state index in [1.165, 1.54) is 12.1 Å². The fourth-order valence-electron chi connectivity index (χ4n) is 5.49. The molecule has 40 heavy (non-hydrogen) atoms. The fourth-order valence-corrected chi connectivity index (χ4v) is 5.49. The van der Waals surface area contributed by atoms with Gasteiger partial charge in [0.05, 0.1) is 18.6 Å². The van der Waals surface area contributed by atoms with Crippen molar-refractivity contribution in [3.8, 4) is 11.3 Å². The summed E-state index contributed by atoms with van der Waals surface area (Å²) < 4.78 is 22.7. The van der Waals surface area contributed by atoms with Crippen LogP contribution in [0, 0.1) is 18.2 Å². The topological polar surface area (TPSA) is 128 Å². The number of imidazole rings is 1. The summed E-state index contributed by atoms with van der Waals surface area (Å²) in [5, 5.41) is 2.72. The Morgan fingerprint density at radius 2 is 2.02 bits per heavy atom. The number of amides is 2. The van der Waals surface area contributed by atoms with E-state index in [2.05, 4.69) is 15.3 Å². The van der Waals surface area contributed by atoms with Gasteiger partial charge in [-0.25, -0.2) is 19.3 Å². The molecule has 10 nitrogen and oxygen atoms in total. The SMILES string of the molecule is Cc1cccnc1NC(=O)c1ccc(-c2nc([C@@H]3CCCN(C(=O)C4(C)COC4)C3)n3ccnc(N)c23)c(F)c1. The molecule has 0 radical (unpaired) electrons. The Morgan fingerprint density at radius 3 is 2.75 bits per heavy atom. The van der Waals surface area contributed by atoms with Gasteiger partial charge in [0.15, 0.2) is 0 Å². The van der Waals surface area contributed by atoms with Crippen LogP contribution in [-0.2, 0) is 9.53 Å². The number of carbonyl (C=O) groups is 2. The van der Waals surface area contributed by atoms with E-state index in [1.807, 2.05) is 29.2 Å². The van der Waals surface area contributed by atoms with Crippen LogP contribution in [0.3, 0.4) is 0 Å². The molecule has 3 N–H and O–H groups in total.